The Bertz CT molecular complexity index is 831. The number of ether oxygens (including phenoxy) is 1. The average molecular weight is 399 g/mol. The summed E-state index contributed by atoms with van der Waals surface area (Å²) >= 11 is 1.88. The molecule has 4 aliphatic heterocycles. The first kappa shape index (κ1) is 18.3. The van der Waals surface area contributed by atoms with Gasteiger partial charge in [0.2, 0.25) is 11.8 Å². The molecule has 2 amide bonds. The van der Waals surface area contributed by atoms with Crippen molar-refractivity contribution in [1.82, 2.24) is 4.90 Å². The van der Waals surface area contributed by atoms with Gasteiger partial charge in [0.15, 0.2) is 0 Å². The van der Waals surface area contributed by atoms with Crippen LogP contribution >= 0.6 is 11.8 Å². The van der Waals surface area contributed by atoms with Crippen LogP contribution in [0.25, 0.3) is 0 Å². The minimum atomic E-state index is -0.649. The summed E-state index contributed by atoms with van der Waals surface area (Å²) in [6.45, 7) is 6.34. The van der Waals surface area contributed by atoms with E-state index in [1.807, 2.05) is 45.8 Å². The second kappa shape index (κ2) is 6.63. The number of hydrogen-bond acceptors (Lipinski definition) is 4. The van der Waals surface area contributed by atoms with Crippen molar-refractivity contribution in [3.05, 3.63) is 42.0 Å². The Hall–Kier alpha value is -1.79. The number of amides is 2. The highest BCUT2D eigenvalue weighted by atomic mass is 32.2. The van der Waals surface area contributed by atoms with Crippen LogP contribution in [-0.2, 0) is 14.3 Å². The molecule has 2 bridgehead atoms. The maximum Gasteiger partial charge on any atom is 0.234 e. The van der Waals surface area contributed by atoms with Gasteiger partial charge in [-0.05, 0) is 23.6 Å². The molecule has 4 heterocycles. The van der Waals surface area contributed by atoms with Gasteiger partial charge in [-0.1, -0.05) is 38.1 Å². The van der Waals surface area contributed by atoms with Gasteiger partial charge in [0.1, 0.15) is 5.60 Å². The van der Waals surface area contributed by atoms with Crippen LogP contribution in [0.2, 0.25) is 0 Å². The Morgan fingerprint density at radius 1 is 1.21 bits per heavy atom. The van der Waals surface area contributed by atoms with E-state index in [4.69, 9.17) is 4.74 Å². The number of anilines is 1. The van der Waals surface area contributed by atoms with Crippen LogP contribution < -0.4 is 4.90 Å². The lowest BCUT2D eigenvalue weighted by atomic mass is 9.76. The summed E-state index contributed by atoms with van der Waals surface area (Å²) in [5, 5.41) is 0. The third kappa shape index (κ3) is 2.65. The lowest BCUT2D eigenvalue weighted by Crippen LogP contribution is -2.48. The molecule has 28 heavy (non-hydrogen) atoms. The molecule has 0 N–H and O–H groups in total. The molecule has 0 saturated carbocycles. The number of rotatable bonds is 3. The van der Waals surface area contributed by atoms with Crippen molar-refractivity contribution in [1.29, 1.82) is 0 Å². The summed E-state index contributed by atoms with van der Waals surface area (Å²) in [7, 11) is 0. The van der Waals surface area contributed by atoms with E-state index >= 15 is 0 Å². The Morgan fingerprint density at radius 3 is 2.61 bits per heavy atom. The van der Waals surface area contributed by atoms with Gasteiger partial charge in [-0.25, -0.2) is 0 Å². The third-order valence-electron chi connectivity index (χ3n) is 6.58. The summed E-state index contributed by atoms with van der Waals surface area (Å²) in [6, 6.07) is 8.20. The van der Waals surface area contributed by atoms with Crippen molar-refractivity contribution >= 4 is 29.3 Å². The summed E-state index contributed by atoms with van der Waals surface area (Å²) < 4.78 is 6.27. The van der Waals surface area contributed by atoms with Crippen molar-refractivity contribution in [3.63, 3.8) is 0 Å². The SMILES string of the molecule is CC(C)c1ccc(N2C[C@]34C=C[C@H](O3)[C@@H](C(=O)N3CCSCC3)[C@H]4C2=O)cc1. The zero-order chi connectivity index (χ0) is 19.5. The van der Waals surface area contributed by atoms with E-state index in [1.165, 1.54) is 5.56 Å². The molecule has 1 spiro atoms. The van der Waals surface area contributed by atoms with Gasteiger partial charge >= 0.3 is 0 Å². The molecule has 148 valence electrons. The summed E-state index contributed by atoms with van der Waals surface area (Å²) in [5.74, 6) is 1.71. The van der Waals surface area contributed by atoms with Crippen LogP contribution in [0.1, 0.15) is 25.3 Å². The number of fused-ring (bicyclic) bond motifs is 1. The minimum absolute atomic E-state index is 0.0221. The molecule has 0 radical (unpaired) electrons. The molecule has 1 aromatic rings. The van der Waals surface area contributed by atoms with Gasteiger partial charge in [0, 0.05) is 30.3 Å². The third-order valence-corrected chi connectivity index (χ3v) is 7.52. The smallest absolute Gasteiger partial charge is 0.234 e. The Kier molecular flexibility index (Phi) is 4.32. The predicted molar refractivity (Wildman–Crippen MR) is 111 cm³/mol. The number of carbonyl (C=O) groups is 2. The van der Waals surface area contributed by atoms with Crippen molar-refractivity contribution in [2.24, 2.45) is 11.8 Å². The molecule has 1 aromatic carbocycles. The zero-order valence-electron chi connectivity index (χ0n) is 16.3. The number of nitrogens with zero attached hydrogens (tertiary/aromatic N) is 2. The molecule has 5 rings (SSSR count). The molecule has 6 heteroatoms. The molecule has 5 nitrogen and oxygen atoms in total. The van der Waals surface area contributed by atoms with Crippen molar-refractivity contribution < 1.29 is 14.3 Å². The maximum absolute atomic E-state index is 13.4. The van der Waals surface area contributed by atoms with E-state index in [2.05, 4.69) is 26.0 Å². The van der Waals surface area contributed by atoms with Crippen molar-refractivity contribution in [2.75, 3.05) is 36.0 Å². The van der Waals surface area contributed by atoms with Crippen LogP contribution in [0, 0.1) is 11.8 Å². The first-order valence-corrected chi connectivity index (χ1v) is 11.3. The molecular formula is C22H26N2O3S. The van der Waals surface area contributed by atoms with Crippen LogP contribution in [-0.4, -0.2) is 59.6 Å². The second-order valence-electron chi connectivity index (χ2n) is 8.51. The van der Waals surface area contributed by atoms with Crippen molar-refractivity contribution in [2.45, 2.75) is 31.5 Å². The van der Waals surface area contributed by atoms with Gasteiger partial charge < -0.3 is 14.5 Å². The van der Waals surface area contributed by atoms with Gasteiger partial charge in [-0.3, -0.25) is 9.59 Å². The maximum atomic E-state index is 13.4. The van der Waals surface area contributed by atoms with Crippen LogP contribution in [0.5, 0.6) is 0 Å². The lowest BCUT2D eigenvalue weighted by Gasteiger charge is -2.32. The number of thioether (sulfide) groups is 1. The molecule has 3 fully saturated rings. The summed E-state index contributed by atoms with van der Waals surface area (Å²) in [6.07, 6.45) is 3.76. The van der Waals surface area contributed by atoms with Gasteiger partial charge in [0.05, 0.1) is 24.5 Å². The van der Waals surface area contributed by atoms with Crippen LogP contribution in [0.15, 0.2) is 36.4 Å². The minimum Gasteiger partial charge on any atom is -0.360 e. The zero-order valence-corrected chi connectivity index (χ0v) is 17.2. The van der Waals surface area contributed by atoms with Crippen molar-refractivity contribution in [3.8, 4) is 0 Å². The van der Waals surface area contributed by atoms with E-state index in [-0.39, 0.29) is 23.8 Å². The molecule has 0 aromatic heterocycles. The number of benzene rings is 1. The normalized spacial score (nSPS) is 33.8. The molecule has 0 unspecified atom stereocenters. The van der Waals surface area contributed by atoms with E-state index in [0.717, 1.165) is 30.3 Å². The predicted octanol–water partition coefficient (Wildman–Crippen LogP) is 2.67. The quantitative estimate of drug-likeness (QED) is 0.735. The van der Waals surface area contributed by atoms with E-state index in [1.54, 1.807) is 0 Å². The first-order chi connectivity index (χ1) is 13.5. The Labute approximate surface area is 170 Å². The molecule has 3 saturated heterocycles. The molecule has 0 aliphatic carbocycles. The molecule has 4 atom stereocenters. The van der Waals surface area contributed by atoms with E-state index in [9.17, 15) is 9.59 Å². The second-order valence-corrected chi connectivity index (χ2v) is 9.73. The largest absolute Gasteiger partial charge is 0.360 e. The fraction of sp³-hybridized carbons (Fsp3) is 0.545. The summed E-state index contributed by atoms with van der Waals surface area (Å²) in [5.41, 5.74) is 1.49. The highest BCUT2D eigenvalue weighted by molar-refractivity contribution is 7.99. The number of hydrogen-bond donors (Lipinski definition) is 0. The number of carbonyl (C=O) groups excluding carboxylic acids is 2. The fourth-order valence-corrected chi connectivity index (χ4v) is 5.94. The monoisotopic (exact) mass is 398 g/mol. The van der Waals surface area contributed by atoms with Gasteiger partial charge in [-0.2, -0.15) is 11.8 Å². The van der Waals surface area contributed by atoms with E-state index < -0.39 is 11.5 Å². The Morgan fingerprint density at radius 2 is 1.93 bits per heavy atom. The average Bonchev–Trinajstić information content (AvgIpc) is 3.36. The lowest BCUT2D eigenvalue weighted by molar-refractivity contribution is -0.140. The van der Waals surface area contributed by atoms with Crippen LogP contribution in [0.4, 0.5) is 5.69 Å². The summed E-state index contributed by atoms with van der Waals surface area (Å²) in [4.78, 5) is 30.4. The first-order valence-electron chi connectivity index (χ1n) is 10.2. The fourth-order valence-electron chi connectivity index (χ4n) is 5.03. The topological polar surface area (TPSA) is 49.9 Å². The van der Waals surface area contributed by atoms with Crippen LogP contribution in [0.3, 0.4) is 0 Å². The highest BCUT2D eigenvalue weighted by Gasteiger charge is 2.67. The molecule has 4 aliphatic rings. The Balaban J connectivity index is 1.43. The standard InChI is InChI=1S/C22H26N2O3S/c1-14(2)15-3-5-16(6-4-15)24-13-22-8-7-17(27-22)18(19(22)21(24)26)20(25)23-9-11-28-12-10-23/h3-8,14,17-19H,9-13H2,1-2H3/t17-,18+,19-,22-/m0/s1. The van der Waals surface area contributed by atoms with Gasteiger partial charge in [0.25, 0.3) is 0 Å². The molecular weight excluding hydrogens is 372 g/mol. The highest BCUT2D eigenvalue weighted by Crippen LogP contribution is 2.53. The van der Waals surface area contributed by atoms with E-state index in [0.29, 0.717) is 12.5 Å². The van der Waals surface area contributed by atoms with Gasteiger partial charge in [-0.15, -0.1) is 0 Å².